The van der Waals surface area contributed by atoms with Crippen LogP contribution in [0.5, 0.6) is 0 Å². The summed E-state index contributed by atoms with van der Waals surface area (Å²) in [4.78, 5) is 28.6. The molecule has 3 rings (SSSR count). The van der Waals surface area contributed by atoms with Gasteiger partial charge in [0, 0.05) is 37.6 Å². The Balaban J connectivity index is 1.49. The van der Waals surface area contributed by atoms with E-state index in [-0.39, 0.29) is 18.2 Å². The highest BCUT2D eigenvalue weighted by Crippen LogP contribution is 2.22. The Bertz CT molecular complexity index is 593. The maximum Gasteiger partial charge on any atom is 0.233 e. The van der Waals surface area contributed by atoms with Gasteiger partial charge in [0.1, 0.15) is 6.42 Å². The molecule has 2 saturated heterocycles. The third kappa shape index (κ3) is 4.97. The second-order valence-electron chi connectivity index (χ2n) is 7.41. The highest BCUT2D eigenvalue weighted by molar-refractivity contribution is 6.03. The Morgan fingerprint density at radius 2 is 1.76 bits per heavy atom. The molecule has 1 aromatic rings. The van der Waals surface area contributed by atoms with Crippen molar-refractivity contribution in [3.8, 4) is 0 Å². The summed E-state index contributed by atoms with van der Waals surface area (Å²) in [5.41, 5.74) is 1.96. The van der Waals surface area contributed by atoms with E-state index < -0.39 is 0 Å². The van der Waals surface area contributed by atoms with Crippen molar-refractivity contribution >= 4 is 23.2 Å². The van der Waals surface area contributed by atoms with E-state index in [0.717, 1.165) is 38.3 Å². The van der Waals surface area contributed by atoms with Gasteiger partial charge in [0.25, 0.3) is 0 Å². The molecular formula is C20H29N3O2. The van der Waals surface area contributed by atoms with E-state index in [9.17, 15) is 9.59 Å². The summed E-state index contributed by atoms with van der Waals surface area (Å²) in [7, 11) is 0. The second kappa shape index (κ2) is 8.37. The summed E-state index contributed by atoms with van der Waals surface area (Å²) in [6.07, 6.45) is 5.94. The molecule has 1 atom stereocenters. The molecule has 2 aliphatic rings. The molecule has 1 N–H and O–H groups in total. The molecule has 0 saturated carbocycles. The van der Waals surface area contributed by atoms with Crippen LogP contribution in [0.4, 0.5) is 11.4 Å². The predicted octanol–water partition coefficient (Wildman–Crippen LogP) is 3.26. The van der Waals surface area contributed by atoms with E-state index in [2.05, 4.69) is 29.3 Å². The summed E-state index contributed by atoms with van der Waals surface area (Å²) in [5, 5.41) is 2.85. The first-order valence-electron chi connectivity index (χ1n) is 9.54. The number of carbonyl (C=O) groups is 2. The van der Waals surface area contributed by atoms with Gasteiger partial charge in [-0.3, -0.25) is 9.59 Å². The van der Waals surface area contributed by atoms with E-state index >= 15 is 0 Å². The van der Waals surface area contributed by atoms with E-state index in [0.29, 0.717) is 5.92 Å². The number of likely N-dealkylation sites (tertiary alicyclic amines) is 1. The van der Waals surface area contributed by atoms with Gasteiger partial charge in [-0.25, -0.2) is 0 Å². The van der Waals surface area contributed by atoms with Crippen LogP contribution in [0.25, 0.3) is 0 Å². The average Bonchev–Trinajstić information content (AvgIpc) is 2.63. The molecule has 136 valence electrons. The smallest absolute Gasteiger partial charge is 0.233 e. The summed E-state index contributed by atoms with van der Waals surface area (Å²) < 4.78 is 0. The van der Waals surface area contributed by atoms with E-state index in [4.69, 9.17) is 0 Å². The van der Waals surface area contributed by atoms with Crippen molar-refractivity contribution in [3.05, 3.63) is 24.3 Å². The summed E-state index contributed by atoms with van der Waals surface area (Å²) in [6.45, 7) is 5.92. The third-order valence-corrected chi connectivity index (χ3v) is 5.19. The normalized spacial score (nSPS) is 21.1. The molecule has 25 heavy (non-hydrogen) atoms. The lowest BCUT2D eigenvalue weighted by atomic mass is 10.00. The molecule has 0 radical (unpaired) electrons. The SMILES string of the molecule is CC1CCCN(C(=O)CC(=O)Nc2ccc(N3CCCCC3)cc2)C1. The molecule has 2 heterocycles. The highest BCUT2D eigenvalue weighted by atomic mass is 16.2. The largest absolute Gasteiger partial charge is 0.372 e. The zero-order valence-corrected chi connectivity index (χ0v) is 15.2. The zero-order valence-electron chi connectivity index (χ0n) is 15.2. The predicted molar refractivity (Wildman–Crippen MR) is 101 cm³/mol. The van der Waals surface area contributed by atoms with Crippen molar-refractivity contribution in [2.75, 3.05) is 36.4 Å². The molecule has 5 nitrogen and oxygen atoms in total. The number of rotatable bonds is 4. The van der Waals surface area contributed by atoms with Gasteiger partial charge in [0.05, 0.1) is 0 Å². The number of benzene rings is 1. The first-order valence-corrected chi connectivity index (χ1v) is 9.54. The fourth-order valence-corrected chi connectivity index (χ4v) is 3.78. The van der Waals surface area contributed by atoms with Crippen LogP contribution >= 0.6 is 0 Å². The number of carbonyl (C=O) groups excluding carboxylic acids is 2. The second-order valence-corrected chi connectivity index (χ2v) is 7.41. The van der Waals surface area contributed by atoms with Crippen molar-refractivity contribution in [3.63, 3.8) is 0 Å². The van der Waals surface area contributed by atoms with Crippen molar-refractivity contribution in [1.82, 2.24) is 4.90 Å². The Morgan fingerprint density at radius 3 is 2.44 bits per heavy atom. The lowest BCUT2D eigenvalue weighted by Crippen LogP contribution is -2.40. The van der Waals surface area contributed by atoms with Gasteiger partial charge in [-0.1, -0.05) is 6.92 Å². The third-order valence-electron chi connectivity index (χ3n) is 5.19. The van der Waals surface area contributed by atoms with Crippen molar-refractivity contribution in [2.45, 2.75) is 45.4 Å². The number of anilines is 2. The Morgan fingerprint density at radius 1 is 1.04 bits per heavy atom. The molecule has 5 heteroatoms. The number of nitrogens with one attached hydrogen (secondary N) is 1. The number of nitrogens with zero attached hydrogens (tertiary/aromatic N) is 2. The van der Waals surface area contributed by atoms with E-state index in [1.807, 2.05) is 17.0 Å². The van der Waals surface area contributed by atoms with Gasteiger partial charge in [-0.05, 0) is 62.3 Å². The minimum Gasteiger partial charge on any atom is -0.372 e. The molecule has 0 bridgehead atoms. The van der Waals surface area contributed by atoms with Crippen LogP contribution in [0.1, 0.15) is 45.4 Å². The average molecular weight is 343 g/mol. The molecule has 2 aliphatic heterocycles. The number of piperidine rings is 2. The van der Waals surface area contributed by atoms with Crippen LogP contribution in [0.2, 0.25) is 0 Å². The highest BCUT2D eigenvalue weighted by Gasteiger charge is 2.22. The first-order chi connectivity index (χ1) is 12.1. The Hall–Kier alpha value is -2.04. The number of amides is 2. The van der Waals surface area contributed by atoms with Crippen LogP contribution < -0.4 is 10.2 Å². The van der Waals surface area contributed by atoms with Gasteiger partial charge in [0.15, 0.2) is 0 Å². The van der Waals surface area contributed by atoms with E-state index in [1.54, 1.807) is 0 Å². The molecule has 1 aromatic carbocycles. The monoisotopic (exact) mass is 343 g/mol. The maximum absolute atomic E-state index is 12.3. The summed E-state index contributed by atoms with van der Waals surface area (Å²) in [5.74, 6) is 0.242. The van der Waals surface area contributed by atoms with Crippen LogP contribution in [-0.4, -0.2) is 42.9 Å². The Labute approximate surface area is 150 Å². The van der Waals surface area contributed by atoms with E-state index in [1.165, 1.54) is 31.4 Å². The van der Waals surface area contributed by atoms with Gasteiger partial charge in [-0.15, -0.1) is 0 Å². The summed E-state index contributed by atoms with van der Waals surface area (Å²) in [6, 6.07) is 7.95. The van der Waals surface area contributed by atoms with Crippen LogP contribution in [-0.2, 0) is 9.59 Å². The minimum absolute atomic E-state index is 0.0611. The fourth-order valence-electron chi connectivity index (χ4n) is 3.78. The maximum atomic E-state index is 12.3. The van der Waals surface area contributed by atoms with Crippen LogP contribution in [0.15, 0.2) is 24.3 Å². The van der Waals surface area contributed by atoms with Crippen LogP contribution in [0.3, 0.4) is 0 Å². The molecule has 0 spiro atoms. The molecule has 0 aliphatic carbocycles. The molecule has 0 aromatic heterocycles. The Kier molecular flexibility index (Phi) is 5.95. The lowest BCUT2D eigenvalue weighted by Gasteiger charge is -2.30. The summed E-state index contributed by atoms with van der Waals surface area (Å²) >= 11 is 0. The first kappa shape index (κ1) is 17.8. The van der Waals surface area contributed by atoms with Crippen molar-refractivity contribution in [2.24, 2.45) is 5.92 Å². The number of hydrogen-bond acceptors (Lipinski definition) is 3. The molecular weight excluding hydrogens is 314 g/mol. The van der Waals surface area contributed by atoms with Gasteiger partial charge < -0.3 is 15.1 Å². The molecule has 1 unspecified atom stereocenters. The molecule has 2 amide bonds. The lowest BCUT2D eigenvalue weighted by molar-refractivity contribution is -0.136. The van der Waals surface area contributed by atoms with Gasteiger partial charge >= 0.3 is 0 Å². The van der Waals surface area contributed by atoms with Crippen LogP contribution in [0, 0.1) is 5.92 Å². The minimum atomic E-state index is -0.228. The quantitative estimate of drug-likeness (QED) is 0.854. The van der Waals surface area contributed by atoms with Crippen molar-refractivity contribution in [1.29, 1.82) is 0 Å². The zero-order chi connectivity index (χ0) is 17.6. The van der Waals surface area contributed by atoms with Crippen molar-refractivity contribution < 1.29 is 9.59 Å². The molecule has 2 fully saturated rings. The van der Waals surface area contributed by atoms with Gasteiger partial charge in [-0.2, -0.15) is 0 Å². The topological polar surface area (TPSA) is 52.7 Å². The fraction of sp³-hybridized carbons (Fsp3) is 0.600. The standard InChI is InChI=1S/C20H29N3O2/c1-16-6-5-13-23(15-16)20(25)14-19(24)21-17-7-9-18(10-8-17)22-11-3-2-4-12-22/h7-10,16H,2-6,11-15H2,1H3,(H,21,24). The number of hydrogen-bond donors (Lipinski definition) is 1. The van der Waals surface area contributed by atoms with Gasteiger partial charge in [0.2, 0.25) is 11.8 Å².